The van der Waals surface area contributed by atoms with Crippen molar-refractivity contribution >= 4 is 12.0 Å². The number of piperazine rings is 1. The average molecular weight is 436 g/mol. The normalized spacial score (nSPS) is 16.3. The van der Waals surface area contributed by atoms with Crippen LogP contribution in [0.2, 0.25) is 0 Å². The van der Waals surface area contributed by atoms with Crippen LogP contribution in [-0.2, 0) is 9.53 Å². The van der Waals surface area contributed by atoms with E-state index in [1.165, 1.54) is 6.07 Å². The molecule has 1 fully saturated rings. The highest BCUT2D eigenvalue weighted by molar-refractivity contribution is 5.76. The van der Waals surface area contributed by atoms with Crippen LogP contribution in [0.1, 0.15) is 59.6 Å². The largest absolute Gasteiger partial charge is 0.444 e. The highest BCUT2D eigenvalue weighted by Gasteiger charge is 2.32. The van der Waals surface area contributed by atoms with Gasteiger partial charge in [0.15, 0.2) is 0 Å². The van der Waals surface area contributed by atoms with Gasteiger partial charge in [-0.15, -0.1) is 0 Å². The quantitative estimate of drug-likeness (QED) is 0.640. The molecule has 6 nitrogen and oxygen atoms in total. The number of rotatable bonds is 7. The summed E-state index contributed by atoms with van der Waals surface area (Å²) in [5.41, 5.74) is 0.0477. The van der Waals surface area contributed by atoms with E-state index in [4.69, 9.17) is 4.74 Å². The number of nitrogens with zero attached hydrogens (tertiary/aromatic N) is 3. The third-order valence-electron chi connectivity index (χ3n) is 5.38. The van der Waals surface area contributed by atoms with E-state index in [9.17, 15) is 14.0 Å². The van der Waals surface area contributed by atoms with Crippen molar-refractivity contribution < 1.29 is 18.7 Å². The molecule has 0 saturated carbocycles. The molecule has 1 atom stereocenters. The molecule has 0 N–H and O–H groups in total. The molecule has 1 aliphatic heterocycles. The van der Waals surface area contributed by atoms with Crippen LogP contribution < -0.4 is 0 Å². The maximum absolute atomic E-state index is 14.7. The Morgan fingerprint density at radius 2 is 1.74 bits per heavy atom. The molecule has 2 rings (SSSR count). The van der Waals surface area contributed by atoms with Crippen LogP contribution in [0.25, 0.3) is 0 Å². The lowest BCUT2D eigenvalue weighted by molar-refractivity contribution is -0.132. The summed E-state index contributed by atoms with van der Waals surface area (Å²) in [5, 5.41) is 0. The van der Waals surface area contributed by atoms with Gasteiger partial charge in [0.1, 0.15) is 11.4 Å². The van der Waals surface area contributed by atoms with Crippen molar-refractivity contribution in [3.05, 3.63) is 35.6 Å². The molecular formula is C24H38FN3O3. The second kappa shape index (κ2) is 10.9. The summed E-state index contributed by atoms with van der Waals surface area (Å²) in [6.45, 7) is 14.8. The monoisotopic (exact) mass is 435 g/mol. The molecule has 2 amide bonds. The van der Waals surface area contributed by atoms with Crippen molar-refractivity contribution in [1.29, 1.82) is 0 Å². The number of amides is 2. The minimum atomic E-state index is -0.539. The zero-order chi connectivity index (χ0) is 23.2. The second-order valence-electron chi connectivity index (χ2n) is 9.57. The molecule has 1 aromatic rings. The molecular weight excluding hydrogens is 397 g/mol. The Hall–Kier alpha value is -2.15. The molecule has 0 aliphatic carbocycles. The molecule has 0 bridgehead atoms. The molecule has 1 saturated heterocycles. The van der Waals surface area contributed by atoms with Gasteiger partial charge in [-0.1, -0.05) is 32.0 Å². The average Bonchev–Trinajstić information content (AvgIpc) is 2.68. The highest BCUT2D eigenvalue weighted by atomic mass is 19.1. The SMILES string of the molecule is CCN(CC(c1ccccc1F)N1CCN(C(=O)OC(C)(C)C)CC1)C(=O)CC(C)C. The molecule has 7 heteroatoms. The number of halogens is 1. The van der Waals surface area contributed by atoms with Gasteiger partial charge in [-0.25, -0.2) is 9.18 Å². The molecule has 31 heavy (non-hydrogen) atoms. The Morgan fingerprint density at radius 1 is 1.13 bits per heavy atom. The third kappa shape index (κ3) is 7.49. The van der Waals surface area contributed by atoms with Crippen LogP contribution in [0.4, 0.5) is 9.18 Å². The first kappa shape index (κ1) is 25.1. The number of benzene rings is 1. The fourth-order valence-corrected chi connectivity index (χ4v) is 3.79. The molecule has 0 spiro atoms. The number of ether oxygens (including phenoxy) is 1. The Labute approximate surface area is 186 Å². The first-order valence-corrected chi connectivity index (χ1v) is 11.3. The Morgan fingerprint density at radius 3 is 2.26 bits per heavy atom. The number of hydrogen-bond acceptors (Lipinski definition) is 4. The van der Waals surface area contributed by atoms with Crippen LogP contribution in [0.5, 0.6) is 0 Å². The van der Waals surface area contributed by atoms with Crippen LogP contribution in [0.3, 0.4) is 0 Å². The maximum Gasteiger partial charge on any atom is 0.410 e. The molecule has 1 heterocycles. The van der Waals surface area contributed by atoms with Crippen molar-refractivity contribution in [1.82, 2.24) is 14.7 Å². The summed E-state index contributed by atoms with van der Waals surface area (Å²) in [4.78, 5) is 30.8. The first-order chi connectivity index (χ1) is 14.5. The second-order valence-corrected chi connectivity index (χ2v) is 9.57. The van der Waals surface area contributed by atoms with E-state index in [0.29, 0.717) is 51.3 Å². The van der Waals surface area contributed by atoms with E-state index in [1.807, 2.05) is 52.5 Å². The van der Waals surface area contributed by atoms with Crippen LogP contribution >= 0.6 is 0 Å². The van der Waals surface area contributed by atoms with Crippen molar-refractivity contribution in [2.24, 2.45) is 5.92 Å². The Bertz CT molecular complexity index is 740. The molecule has 174 valence electrons. The van der Waals surface area contributed by atoms with E-state index in [1.54, 1.807) is 17.0 Å². The van der Waals surface area contributed by atoms with Gasteiger partial charge in [-0.05, 0) is 39.7 Å². The lowest BCUT2D eigenvalue weighted by Crippen LogP contribution is -2.52. The van der Waals surface area contributed by atoms with Crippen molar-refractivity contribution in [3.8, 4) is 0 Å². The lowest BCUT2D eigenvalue weighted by atomic mass is 10.0. The molecule has 0 radical (unpaired) electrons. The van der Waals surface area contributed by atoms with Crippen molar-refractivity contribution in [2.75, 3.05) is 39.3 Å². The number of carbonyl (C=O) groups is 2. The van der Waals surface area contributed by atoms with Gasteiger partial charge in [0.25, 0.3) is 0 Å². The number of hydrogen-bond donors (Lipinski definition) is 0. The van der Waals surface area contributed by atoms with E-state index in [0.717, 1.165) is 0 Å². The van der Waals surface area contributed by atoms with Crippen LogP contribution in [0.15, 0.2) is 24.3 Å². The Balaban J connectivity index is 2.16. The minimum Gasteiger partial charge on any atom is -0.444 e. The van der Waals surface area contributed by atoms with E-state index in [-0.39, 0.29) is 29.8 Å². The van der Waals surface area contributed by atoms with E-state index < -0.39 is 5.60 Å². The lowest BCUT2D eigenvalue weighted by Gasteiger charge is -2.41. The zero-order valence-electron chi connectivity index (χ0n) is 19.9. The zero-order valence-corrected chi connectivity index (χ0v) is 19.9. The van der Waals surface area contributed by atoms with Gasteiger partial charge in [0.2, 0.25) is 5.91 Å². The fraction of sp³-hybridized carbons (Fsp3) is 0.667. The predicted molar refractivity (Wildman–Crippen MR) is 120 cm³/mol. The molecule has 1 aliphatic rings. The first-order valence-electron chi connectivity index (χ1n) is 11.3. The van der Waals surface area contributed by atoms with Crippen LogP contribution in [-0.4, -0.2) is 71.6 Å². The molecule has 0 aromatic heterocycles. The minimum absolute atomic E-state index is 0.0891. The van der Waals surface area contributed by atoms with Gasteiger partial charge in [0, 0.05) is 51.3 Å². The van der Waals surface area contributed by atoms with Gasteiger partial charge in [-0.2, -0.15) is 0 Å². The van der Waals surface area contributed by atoms with E-state index in [2.05, 4.69) is 4.90 Å². The standard InChI is InChI=1S/C24H38FN3O3/c1-7-26(22(29)16-18(2)3)17-21(19-10-8-9-11-20(19)25)27-12-14-28(15-13-27)23(30)31-24(4,5)6/h8-11,18,21H,7,12-17H2,1-6H3. The number of likely N-dealkylation sites (N-methyl/N-ethyl adjacent to an activating group) is 1. The fourth-order valence-electron chi connectivity index (χ4n) is 3.79. The van der Waals surface area contributed by atoms with Gasteiger partial charge < -0.3 is 14.5 Å². The van der Waals surface area contributed by atoms with Crippen molar-refractivity contribution in [3.63, 3.8) is 0 Å². The summed E-state index contributed by atoms with van der Waals surface area (Å²) >= 11 is 0. The summed E-state index contributed by atoms with van der Waals surface area (Å²) in [6, 6.07) is 6.50. The van der Waals surface area contributed by atoms with Crippen molar-refractivity contribution in [2.45, 2.75) is 59.6 Å². The maximum atomic E-state index is 14.7. The van der Waals surface area contributed by atoms with E-state index >= 15 is 0 Å². The summed E-state index contributed by atoms with van der Waals surface area (Å²) < 4.78 is 20.2. The van der Waals surface area contributed by atoms with Gasteiger partial charge >= 0.3 is 6.09 Å². The van der Waals surface area contributed by atoms with Gasteiger partial charge in [-0.3, -0.25) is 9.69 Å². The smallest absolute Gasteiger partial charge is 0.410 e. The molecule has 1 aromatic carbocycles. The number of carbonyl (C=O) groups excluding carboxylic acids is 2. The summed E-state index contributed by atoms with van der Waals surface area (Å²) in [5.74, 6) is 0.0894. The highest BCUT2D eigenvalue weighted by Crippen LogP contribution is 2.27. The summed E-state index contributed by atoms with van der Waals surface area (Å²) in [6.07, 6.45) is 0.154. The van der Waals surface area contributed by atoms with Gasteiger partial charge in [0.05, 0.1) is 6.04 Å². The third-order valence-corrected chi connectivity index (χ3v) is 5.38. The van der Waals surface area contributed by atoms with Crippen LogP contribution in [0, 0.1) is 11.7 Å². The molecule has 1 unspecified atom stereocenters. The summed E-state index contributed by atoms with van der Waals surface area (Å²) in [7, 11) is 0. The topological polar surface area (TPSA) is 53.1 Å². The predicted octanol–water partition coefficient (Wildman–Crippen LogP) is 4.31. The Kier molecular flexibility index (Phi) is 8.86.